The number of carbonyl (C=O) groups excluding carboxylic acids is 2. The van der Waals surface area contributed by atoms with E-state index < -0.39 is 0 Å². The summed E-state index contributed by atoms with van der Waals surface area (Å²) >= 11 is 6.03. The molecule has 0 aromatic heterocycles. The standard InChI is InChI=1S/C11H12ClNO2/c1-7-5-4-6-10(11(7)12)13(8(2)14)9(3)15/h4-6H,1-3H3. The second-order valence-electron chi connectivity index (χ2n) is 3.28. The number of benzene rings is 1. The lowest BCUT2D eigenvalue weighted by Gasteiger charge is -2.19. The fraction of sp³-hybridized carbons (Fsp3) is 0.273. The van der Waals surface area contributed by atoms with Gasteiger partial charge < -0.3 is 0 Å². The molecule has 0 fully saturated rings. The van der Waals surface area contributed by atoms with Gasteiger partial charge in [0, 0.05) is 13.8 Å². The van der Waals surface area contributed by atoms with Gasteiger partial charge in [-0.25, -0.2) is 4.90 Å². The van der Waals surface area contributed by atoms with E-state index in [1.54, 1.807) is 12.1 Å². The highest BCUT2D eigenvalue weighted by molar-refractivity contribution is 6.35. The zero-order valence-corrected chi connectivity index (χ0v) is 9.63. The van der Waals surface area contributed by atoms with Gasteiger partial charge in [0.2, 0.25) is 11.8 Å². The van der Waals surface area contributed by atoms with Crippen molar-refractivity contribution in [1.82, 2.24) is 0 Å². The van der Waals surface area contributed by atoms with Gasteiger partial charge in [0.05, 0.1) is 10.7 Å². The third kappa shape index (κ3) is 2.36. The van der Waals surface area contributed by atoms with Crippen LogP contribution in [0.1, 0.15) is 19.4 Å². The molecule has 0 aliphatic carbocycles. The van der Waals surface area contributed by atoms with Crippen molar-refractivity contribution in [2.24, 2.45) is 0 Å². The number of anilines is 1. The van der Waals surface area contributed by atoms with Gasteiger partial charge in [0.1, 0.15) is 0 Å². The van der Waals surface area contributed by atoms with Gasteiger partial charge in [-0.2, -0.15) is 0 Å². The first-order chi connectivity index (χ1) is 6.95. The van der Waals surface area contributed by atoms with Gasteiger partial charge in [0.15, 0.2) is 0 Å². The summed E-state index contributed by atoms with van der Waals surface area (Å²) in [6.07, 6.45) is 0. The highest BCUT2D eigenvalue weighted by Gasteiger charge is 2.19. The van der Waals surface area contributed by atoms with Gasteiger partial charge in [-0.05, 0) is 18.6 Å². The van der Waals surface area contributed by atoms with E-state index in [4.69, 9.17) is 11.6 Å². The monoisotopic (exact) mass is 225 g/mol. The van der Waals surface area contributed by atoms with Crippen LogP contribution < -0.4 is 4.90 Å². The zero-order chi connectivity index (χ0) is 11.6. The Morgan fingerprint density at radius 1 is 1.20 bits per heavy atom. The maximum Gasteiger partial charge on any atom is 0.230 e. The van der Waals surface area contributed by atoms with E-state index in [0.717, 1.165) is 10.5 Å². The highest BCUT2D eigenvalue weighted by atomic mass is 35.5. The fourth-order valence-corrected chi connectivity index (χ4v) is 1.58. The molecule has 0 aliphatic rings. The number of hydrogen-bond acceptors (Lipinski definition) is 2. The minimum atomic E-state index is -0.338. The Balaban J connectivity index is 3.29. The molecular weight excluding hydrogens is 214 g/mol. The van der Waals surface area contributed by atoms with E-state index in [9.17, 15) is 9.59 Å². The lowest BCUT2D eigenvalue weighted by molar-refractivity contribution is -0.124. The average Bonchev–Trinajstić information content (AvgIpc) is 2.11. The molecule has 0 saturated heterocycles. The highest BCUT2D eigenvalue weighted by Crippen LogP contribution is 2.28. The van der Waals surface area contributed by atoms with Crippen molar-refractivity contribution in [3.05, 3.63) is 28.8 Å². The molecule has 15 heavy (non-hydrogen) atoms. The fourth-order valence-electron chi connectivity index (χ4n) is 1.37. The largest absolute Gasteiger partial charge is 0.274 e. The minimum absolute atomic E-state index is 0.338. The van der Waals surface area contributed by atoms with Crippen LogP contribution in [0, 0.1) is 6.92 Å². The third-order valence-corrected chi connectivity index (χ3v) is 2.53. The Bertz CT molecular complexity index is 401. The molecule has 0 atom stereocenters. The van der Waals surface area contributed by atoms with E-state index in [-0.39, 0.29) is 11.8 Å². The molecule has 0 unspecified atom stereocenters. The lowest BCUT2D eigenvalue weighted by atomic mass is 10.2. The molecule has 1 aromatic rings. The molecule has 0 aliphatic heterocycles. The number of rotatable bonds is 1. The quantitative estimate of drug-likeness (QED) is 0.737. The van der Waals surface area contributed by atoms with Crippen molar-refractivity contribution < 1.29 is 9.59 Å². The Hall–Kier alpha value is -1.35. The van der Waals surface area contributed by atoms with E-state index in [1.807, 2.05) is 13.0 Å². The van der Waals surface area contributed by atoms with Crippen LogP contribution >= 0.6 is 11.6 Å². The number of aryl methyl sites for hydroxylation is 1. The predicted molar refractivity (Wildman–Crippen MR) is 60.0 cm³/mol. The van der Waals surface area contributed by atoms with E-state index >= 15 is 0 Å². The lowest BCUT2D eigenvalue weighted by Crippen LogP contribution is -2.33. The summed E-state index contributed by atoms with van der Waals surface area (Å²) in [5.41, 5.74) is 1.28. The number of halogens is 1. The maximum atomic E-state index is 11.3. The topological polar surface area (TPSA) is 37.4 Å². The predicted octanol–water partition coefficient (Wildman–Crippen LogP) is 2.55. The summed E-state index contributed by atoms with van der Waals surface area (Å²) in [5.74, 6) is -0.676. The maximum absolute atomic E-state index is 11.3. The van der Waals surface area contributed by atoms with E-state index in [0.29, 0.717) is 10.7 Å². The van der Waals surface area contributed by atoms with Crippen molar-refractivity contribution in [3.63, 3.8) is 0 Å². The average molecular weight is 226 g/mol. The van der Waals surface area contributed by atoms with Crippen LogP contribution in [-0.2, 0) is 9.59 Å². The molecule has 80 valence electrons. The molecule has 4 heteroatoms. The zero-order valence-electron chi connectivity index (χ0n) is 8.87. The Kier molecular flexibility index (Phi) is 3.48. The molecule has 2 amide bonds. The summed E-state index contributed by atoms with van der Waals surface area (Å²) in [4.78, 5) is 23.7. The first-order valence-electron chi connectivity index (χ1n) is 4.51. The minimum Gasteiger partial charge on any atom is -0.274 e. The SMILES string of the molecule is CC(=O)N(C(C)=O)c1cccc(C)c1Cl. The third-order valence-electron chi connectivity index (χ3n) is 2.04. The smallest absolute Gasteiger partial charge is 0.230 e. The van der Waals surface area contributed by atoms with Crippen LogP contribution in [0.5, 0.6) is 0 Å². The van der Waals surface area contributed by atoms with Crippen LogP contribution in [0.25, 0.3) is 0 Å². The van der Waals surface area contributed by atoms with Crippen LogP contribution in [0.2, 0.25) is 5.02 Å². The van der Waals surface area contributed by atoms with Gasteiger partial charge in [-0.15, -0.1) is 0 Å². The molecule has 0 spiro atoms. The van der Waals surface area contributed by atoms with Crippen molar-refractivity contribution in [2.75, 3.05) is 4.90 Å². The van der Waals surface area contributed by atoms with Crippen molar-refractivity contribution in [2.45, 2.75) is 20.8 Å². The first-order valence-corrected chi connectivity index (χ1v) is 4.89. The number of carbonyl (C=O) groups is 2. The van der Waals surface area contributed by atoms with Crippen LogP contribution in [0.3, 0.4) is 0 Å². The Labute approximate surface area is 93.6 Å². The first kappa shape index (κ1) is 11.7. The molecule has 0 N–H and O–H groups in total. The second-order valence-corrected chi connectivity index (χ2v) is 3.66. The molecule has 1 aromatic carbocycles. The van der Waals surface area contributed by atoms with Crippen molar-refractivity contribution in [3.8, 4) is 0 Å². The van der Waals surface area contributed by atoms with Gasteiger partial charge >= 0.3 is 0 Å². The number of amides is 2. The molecule has 0 radical (unpaired) electrons. The summed E-state index contributed by atoms with van der Waals surface area (Å²) in [7, 11) is 0. The van der Waals surface area contributed by atoms with Gasteiger partial charge in [-0.1, -0.05) is 23.7 Å². The molecule has 0 heterocycles. The Morgan fingerprint density at radius 2 is 1.73 bits per heavy atom. The molecule has 3 nitrogen and oxygen atoms in total. The Morgan fingerprint density at radius 3 is 2.20 bits per heavy atom. The molecule has 0 saturated carbocycles. The summed E-state index contributed by atoms with van der Waals surface area (Å²) in [6, 6.07) is 5.23. The molecular formula is C11H12ClNO2. The number of hydrogen-bond donors (Lipinski definition) is 0. The van der Waals surface area contributed by atoms with Crippen molar-refractivity contribution in [1.29, 1.82) is 0 Å². The van der Waals surface area contributed by atoms with Crippen LogP contribution in [-0.4, -0.2) is 11.8 Å². The molecule has 0 bridgehead atoms. The number of imide groups is 1. The van der Waals surface area contributed by atoms with Crippen LogP contribution in [0.4, 0.5) is 5.69 Å². The van der Waals surface area contributed by atoms with Gasteiger partial charge in [-0.3, -0.25) is 9.59 Å². The van der Waals surface area contributed by atoms with E-state index in [1.165, 1.54) is 13.8 Å². The van der Waals surface area contributed by atoms with Crippen LogP contribution in [0.15, 0.2) is 18.2 Å². The summed E-state index contributed by atoms with van der Waals surface area (Å²) < 4.78 is 0. The summed E-state index contributed by atoms with van der Waals surface area (Å²) in [5, 5.41) is 0.433. The number of nitrogens with zero attached hydrogens (tertiary/aromatic N) is 1. The van der Waals surface area contributed by atoms with Crippen molar-refractivity contribution >= 4 is 29.1 Å². The summed E-state index contributed by atoms with van der Waals surface area (Å²) in [6.45, 7) is 4.49. The van der Waals surface area contributed by atoms with Gasteiger partial charge in [0.25, 0.3) is 0 Å². The normalized spacial score (nSPS) is 9.87. The molecule has 1 rings (SSSR count). The van der Waals surface area contributed by atoms with E-state index in [2.05, 4.69) is 0 Å². The second kappa shape index (κ2) is 4.45.